The molecule has 0 amide bonds. The Labute approximate surface area is 101 Å². The van der Waals surface area contributed by atoms with Gasteiger partial charge in [-0.3, -0.25) is 0 Å². The number of nitrogens with two attached hydrogens (primary N) is 1. The molecule has 1 aromatic carbocycles. The number of halogens is 2. The van der Waals surface area contributed by atoms with Crippen molar-refractivity contribution in [2.24, 2.45) is 11.7 Å². The van der Waals surface area contributed by atoms with Crippen LogP contribution < -0.4 is 5.73 Å². The fourth-order valence-electron chi connectivity index (χ4n) is 2.01. The lowest BCUT2D eigenvalue weighted by Crippen LogP contribution is -2.22. The van der Waals surface area contributed by atoms with Crippen molar-refractivity contribution >= 4 is 11.6 Å². The maximum atomic E-state index is 13.4. The third-order valence-corrected chi connectivity index (χ3v) is 3.46. The molecule has 1 atom stereocenters. The predicted molar refractivity (Wildman–Crippen MR) is 65.0 cm³/mol. The van der Waals surface area contributed by atoms with Gasteiger partial charge in [0.05, 0.1) is 0 Å². The Morgan fingerprint density at radius 3 is 2.81 bits per heavy atom. The smallest absolute Gasteiger partial charge is 0.127 e. The van der Waals surface area contributed by atoms with Crippen LogP contribution in [0.15, 0.2) is 18.2 Å². The normalized spacial score (nSPS) is 17.4. The molecule has 2 rings (SSSR count). The lowest BCUT2D eigenvalue weighted by molar-refractivity contribution is 0.521. The molecule has 1 saturated carbocycles. The SMILES string of the molecule is NC(CCCc1ccc(Cl)cc1F)C1CC1. The summed E-state index contributed by atoms with van der Waals surface area (Å²) in [5.41, 5.74) is 6.73. The third-order valence-electron chi connectivity index (χ3n) is 3.23. The molecule has 16 heavy (non-hydrogen) atoms. The maximum Gasteiger partial charge on any atom is 0.127 e. The first-order chi connectivity index (χ1) is 7.66. The van der Waals surface area contributed by atoms with Gasteiger partial charge < -0.3 is 5.73 Å². The highest BCUT2D eigenvalue weighted by atomic mass is 35.5. The van der Waals surface area contributed by atoms with Gasteiger partial charge in [0.1, 0.15) is 5.82 Å². The Morgan fingerprint density at radius 1 is 1.44 bits per heavy atom. The zero-order valence-corrected chi connectivity index (χ0v) is 10.0. The zero-order valence-electron chi connectivity index (χ0n) is 9.26. The van der Waals surface area contributed by atoms with Gasteiger partial charge in [0.2, 0.25) is 0 Å². The Bertz CT molecular complexity index is 363. The predicted octanol–water partition coefficient (Wildman–Crippen LogP) is 3.54. The van der Waals surface area contributed by atoms with E-state index in [-0.39, 0.29) is 5.82 Å². The van der Waals surface area contributed by atoms with Crippen LogP contribution in [-0.4, -0.2) is 6.04 Å². The molecular weight excluding hydrogens is 225 g/mol. The highest BCUT2D eigenvalue weighted by Crippen LogP contribution is 2.33. The average molecular weight is 242 g/mol. The van der Waals surface area contributed by atoms with Crippen molar-refractivity contribution in [3.8, 4) is 0 Å². The molecule has 1 aliphatic carbocycles. The summed E-state index contributed by atoms with van der Waals surface area (Å²) in [4.78, 5) is 0. The lowest BCUT2D eigenvalue weighted by atomic mass is 10.0. The van der Waals surface area contributed by atoms with Gasteiger partial charge in [-0.15, -0.1) is 0 Å². The fourth-order valence-corrected chi connectivity index (χ4v) is 2.17. The Kier molecular flexibility index (Phi) is 3.82. The van der Waals surface area contributed by atoms with E-state index in [1.165, 1.54) is 18.9 Å². The molecule has 0 spiro atoms. The molecule has 1 fully saturated rings. The van der Waals surface area contributed by atoms with Crippen molar-refractivity contribution in [3.05, 3.63) is 34.6 Å². The lowest BCUT2D eigenvalue weighted by Gasteiger charge is -2.09. The molecule has 0 aromatic heterocycles. The van der Waals surface area contributed by atoms with Gasteiger partial charge in [0.15, 0.2) is 0 Å². The molecule has 0 heterocycles. The van der Waals surface area contributed by atoms with Crippen LogP contribution >= 0.6 is 11.6 Å². The van der Waals surface area contributed by atoms with Crippen LogP contribution in [0.1, 0.15) is 31.2 Å². The number of benzene rings is 1. The Morgan fingerprint density at radius 2 is 2.19 bits per heavy atom. The van der Waals surface area contributed by atoms with Crippen molar-refractivity contribution in [1.29, 1.82) is 0 Å². The summed E-state index contributed by atoms with van der Waals surface area (Å²) >= 11 is 5.69. The number of rotatable bonds is 5. The minimum absolute atomic E-state index is 0.201. The Balaban J connectivity index is 1.80. The molecule has 0 saturated heterocycles. The van der Waals surface area contributed by atoms with E-state index in [1.54, 1.807) is 12.1 Å². The second kappa shape index (κ2) is 5.15. The van der Waals surface area contributed by atoms with E-state index in [9.17, 15) is 4.39 Å². The minimum Gasteiger partial charge on any atom is -0.327 e. The molecule has 3 heteroatoms. The van der Waals surface area contributed by atoms with Crippen LogP contribution in [0.5, 0.6) is 0 Å². The summed E-state index contributed by atoms with van der Waals surface area (Å²) in [5.74, 6) is 0.530. The summed E-state index contributed by atoms with van der Waals surface area (Å²) in [5, 5.41) is 0.455. The second-order valence-corrected chi connectivity index (χ2v) is 5.07. The highest BCUT2D eigenvalue weighted by molar-refractivity contribution is 6.30. The molecule has 88 valence electrons. The van der Waals surface area contributed by atoms with E-state index >= 15 is 0 Å². The molecular formula is C13H17ClFN. The van der Waals surface area contributed by atoms with Gasteiger partial charge in [-0.2, -0.15) is 0 Å². The molecule has 1 aliphatic rings. The number of hydrogen-bond acceptors (Lipinski definition) is 1. The first-order valence-electron chi connectivity index (χ1n) is 5.86. The first-order valence-corrected chi connectivity index (χ1v) is 6.24. The minimum atomic E-state index is -0.201. The van der Waals surface area contributed by atoms with Crippen molar-refractivity contribution in [3.63, 3.8) is 0 Å². The van der Waals surface area contributed by atoms with Crippen LogP contribution in [0.4, 0.5) is 4.39 Å². The van der Waals surface area contributed by atoms with Crippen LogP contribution in [0.2, 0.25) is 5.02 Å². The van der Waals surface area contributed by atoms with Crippen molar-refractivity contribution < 1.29 is 4.39 Å². The molecule has 0 aliphatic heterocycles. The van der Waals surface area contributed by atoms with E-state index in [1.807, 2.05) is 0 Å². The van der Waals surface area contributed by atoms with Crippen LogP contribution in [0.25, 0.3) is 0 Å². The standard InChI is InChI=1S/C13H17ClFN/c14-11-7-6-9(12(15)8-11)2-1-3-13(16)10-4-5-10/h6-8,10,13H,1-5,16H2. The van der Waals surface area contributed by atoms with Crippen LogP contribution in [0.3, 0.4) is 0 Å². The summed E-state index contributed by atoms with van der Waals surface area (Å²) < 4.78 is 13.4. The fraction of sp³-hybridized carbons (Fsp3) is 0.538. The van der Waals surface area contributed by atoms with Crippen LogP contribution in [0, 0.1) is 11.7 Å². The largest absolute Gasteiger partial charge is 0.327 e. The number of hydrogen-bond donors (Lipinski definition) is 1. The Hall–Kier alpha value is -0.600. The van der Waals surface area contributed by atoms with Crippen molar-refractivity contribution in [1.82, 2.24) is 0 Å². The second-order valence-electron chi connectivity index (χ2n) is 4.63. The van der Waals surface area contributed by atoms with Gasteiger partial charge in [0, 0.05) is 11.1 Å². The summed E-state index contributed by atoms with van der Waals surface area (Å²) in [6.45, 7) is 0. The maximum absolute atomic E-state index is 13.4. The van der Waals surface area contributed by atoms with Gasteiger partial charge >= 0.3 is 0 Å². The van der Waals surface area contributed by atoms with E-state index in [0.29, 0.717) is 11.1 Å². The summed E-state index contributed by atoms with van der Waals surface area (Å²) in [7, 11) is 0. The highest BCUT2D eigenvalue weighted by Gasteiger charge is 2.27. The average Bonchev–Trinajstić information content (AvgIpc) is 3.04. The molecule has 1 nitrogen and oxygen atoms in total. The van der Waals surface area contributed by atoms with E-state index in [4.69, 9.17) is 17.3 Å². The quantitative estimate of drug-likeness (QED) is 0.839. The van der Waals surface area contributed by atoms with E-state index in [0.717, 1.165) is 30.7 Å². The molecule has 1 unspecified atom stereocenters. The van der Waals surface area contributed by atoms with Crippen molar-refractivity contribution in [2.45, 2.75) is 38.1 Å². The van der Waals surface area contributed by atoms with Gasteiger partial charge in [-0.1, -0.05) is 17.7 Å². The van der Waals surface area contributed by atoms with Gasteiger partial charge in [-0.05, 0) is 55.7 Å². The number of aryl methyl sites for hydroxylation is 1. The van der Waals surface area contributed by atoms with Crippen LogP contribution in [-0.2, 0) is 6.42 Å². The summed E-state index contributed by atoms with van der Waals surface area (Å²) in [6, 6.07) is 5.19. The third kappa shape index (κ3) is 3.19. The van der Waals surface area contributed by atoms with E-state index < -0.39 is 0 Å². The monoisotopic (exact) mass is 241 g/mol. The van der Waals surface area contributed by atoms with Crippen molar-refractivity contribution in [2.75, 3.05) is 0 Å². The molecule has 1 aromatic rings. The van der Waals surface area contributed by atoms with E-state index in [2.05, 4.69) is 0 Å². The summed E-state index contributed by atoms with van der Waals surface area (Å²) in [6.07, 6.45) is 5.25. The zero-order chi connectivity index (χ0) is 11.5. The molecule has 0 radical (unpaired) electrons. The molecule has 0 bridgehead atoms. The van der Waals surface area contributed by atoms with Gasteiger partial charge in [0.25, 0.3) is 0 Å². The topological polar surface area (TPSA) is 26.0 Å². The van der Waals surface area contributed by atoms with Gasteiger partial charge in [-0.25, -0.2) is 4.39 Å². The molecule has 2 N–H and O–H groups in total. The first kappa shape index (κ1) is 11.9.